The molecule has 1 amide bonds. The van der Waals surface area contributed by atoms with Gasteiger partial charge in [0.25, 0.3) is 5.91 Å². The molecule has 104 valence electrons. The molecular weight excluding hydrogens is 344 g/mol. The molecule has 1 N–H and O–H groups in total. The van der Waals surface area contributed by atoms with Crippen molar-refractivity contribution in [2.24, 2.45) is 0 Å². The number of carbonyl (C=O) groups excluding carboxylic acids is 1. The Morgan fingerprint density at radius 1 is 1.45 bits per heavy atom. The third kappa shape index (κ3) is 3.11. The van der Waals surface area contributed by atoms with Gasteiger partial charge in [-0.3, -0.25) is 4.79 Å². The first-order chi connectivity index (χ1) is 9.52. The van der Waals surface area contributed by atoms with Gasteiger partial charge in [-0.2, -0.15) is 0 Å². The van der Waals surface area contributed by atoms with E-state index in [1.807, 2.05) is 6.92 Å². The maximum absolute atomic E-state index is 12.6. The number of aromatic hydroxyl groups is 1. The lowest BCUT2D eigenvalue weighted by Crippen LogP contribution is -2.31. The quantitative estimate of drug-likeness (QED) is 0.850. The van der Waals surface area contributed by atoms with E-state index in [9.17, 15) is 9.90 Å². The van der Waals surface area contributed by atoms with Crippen LogP contribution in [0.4, 0.5) is 5.69 Å². The highest BCUT2D eigenvalue weighted by Crippen LogP contribution is 2.25. The van der Waals surface area contributed by atoms with Crippen molar-refractivity contribution in [3.05, 3.63) is 51.7 Å². The molecule has 1 aromatic carbocycles. The van der Waals surface area contributed by atoms with E-state index >= 15 is 0 Å². The van der Waals surface area contributed by atoms with Crippen LogP contribution < -0.4 is 4.90 Å². The van der Waals surface area contributed by atoms with E-state index in [2.05, 4.69) is 20.9 Å². The van der Waals surface area contributed by atoms with E-state index in [0.29, 0.717) is 22.3 Å². The molecule has 4 nitrogen and oxygen atoms in total. The van der Waals surface area contributed by atoms with Crippen molar-refractivity contribution >= 4 is 39.1 Å². The first-order valence-electron chi connectivity index (χ1n) is 5.95. The van der Waals surface area contributed by atoms with Crippen molar-refractivity contribution in [1.82, 2.24) is 4.98 Å². The summed E-state index contributed by atoms with van der Waals surface area (Å²) in [5.74, 6) is -0.163. The van der Waals surface area contributed by atoms with E-state index in [1.54, 1.807) is 24.3 Å². The molecule has 0 fully saturated rings. The van der Waals surface area contributed by atoms with Gasteiger partial charge in [-0.05, 0) is 41.1 Å². The van der Waals surface area contributed by atoms with Crippen molar-refractivity contribution in [2.45, 2.75) is 6.92 Å². The van der Waals surface area contributed by atoms with Gasteiger partial charge in [0.05, 0.1) is 5.56 Å². The molecule has 0 aliphatic rings. The number of halogens is 2. The number of hydrogen-bond donors (Lipinski definition) is 1. The number of nitrogens with zero attached hydrogens (tertiary/aromatic N) is 2. The number of carbonyl (C=O) groups is 1. The fourth-order valence-corrected chi connectivity index (χ4v) is 2.34. The van der Waals surface area contributed by atoms with Gasteiger partial charge in [0, 0.05) is 29.0 Å². The van der Waals surface area contributed by atoms with Gasteiger partial charge in [-0.25, -0.2) is 4.98 Å². The van der Waals surface area contributed by atoms with Crippen molar-refractivity contribution < 1.29 is 9.90 Å². The predicted octanol–water partition coefficient (Wildman–Crippen LogP) is 3.87. The monoisotopic (exact) mass is 354 g/mol. The molecule has 1 heterocycles. The largest absolute Gasteiger partial charge is 0.508 e. The van der Waals surface area contributed by atoms with Gasteiger partial charge in [0.1, 0.15) is 10.9 Å². The molecule has 1 aromatic heterocycles. The maximum Gasteiger partial charge on any atom is 0.261 e. The predicted molar refractivity (Wildman–Crippen MR) is 82.4 cm³/mol. The summed E-state index contributed by atoms with van der Waals surface area (Å²) >= 11 is 9.25. The lowest BCUT2D eigenvalue weighted by molar-refractivity contribution is 0.0988. The average Bonchev–Trinajstić information content (AvgIpc) is 2.42. The van der Waals surface area contributed by atoms with Gasteiger partial charge in [-0.1, -0.05) is 17.7 Å². The summed E-state index contributed by atoms with van der Waals surface area (Å²) in [6.45, 7) is 2.30. The number of aromatic nitrogens is 1. The summed E-state index contributed by atoms with van der Waals surface area (Å²) in [5, 5.41) is 9.67. The molecule has 20 heavy (non-hydrogen) atoms. The van der Waals surface area contributed by atoms with Gasteiger partial charge in [-0.15, -0.1) is 0 Å². The molecule has 0 atom stereocenters. The summed E-state index contributed by atoms with van der Waals surface area (Å²) in [6.07, 6.45) is 1.53. The number of phenols is 1. The molecule has 0 radical (unpaired) electrons. The van der Waals surface area contributed by atoms with Crippen molar-refractivity contribution in [3.63, 3.8) is 0 Å². The van der Waals surface area contributed by atoms with Crippen LogP contribution in [0.3, 0.4) is 0 Å². The second-order valence-corrected chi connectivity index (χ2v) is 5.33. The molecular formula is C14H12BrClN2O2. The fraction of sp³-hybridized carbons (Fsp3) is 0.143. The molecule has 6 heteroatoms. The summed E-state index contributed by atoms with van der Waals surface area (Å²) < 4.78 is 0.678. The van der Waals surface area contributed by atoms with E-state index in [0.717, 1.165) is 0 Å². The molecule has 0 spiro atoms. The van der Waals surface area contributed by atoms with Gasteiger partial charge >= 0.3 is 0 Å². The lowest BCUT2D eigenvalue weighted by Gasteiger charge is -2.21. The number of pyridine rings is 1. The Bertz CT molecular complexity index is 649. The summed E-state index contributed by atoms with van der Waals surface area (Å²) in [7, 11) is 0. The van der Waals surface area contributed by atoms with Crippen molar-refractivity contribution in [2.75, 3.05) is 11.4 Å². The lowest BCUT2D eigenvalue weighted by atomic mass is 10.2. The summed E-state index contributed by atoms with van der Waals surface area (Å²) in [4.78, 5) is 18.0. The standard InChI is InChI=1S/C14H12BrClN2O2/c1-2-18(10-4-3-5-11(19)7-10)14(20)12-6-9(15)8-17-13(12)16/h3-8,19H,2H2,1H3. The minimum atomic E-state index is -0.267. The Hall–Kier alpha value is -1.59. The number of anilines is 1. The average molecular weight is 356 g/mol. The molecule has 2 rings (SSSR count). The topological polar surface area (TPSA) is 53.4 Å². The third-order valence-corrected chi connectivity index (χ3v) is 3.47. The van der Waals surface area contributed by atoms with E-state index < -0.39 is 0 Å². The first-order valence-corrected chi connectivity index (χ1v) is 7.12. The molecule has 0 unspecified atom stereocenters. The second kappa shape index (κ2) is 6.24. The van der Waals surface area contributed by atoms with E-state index in [1.165, 1.54) is 17.2 Å². The van der Waals surface area contributed by atoms with E-state index in [-0.39, 0.29) is 16.8 Å². The van der Waals surface area contributed by atoms with Crippen LogP contribution in [0.5, 0.6) is 5.75 Å². The Kier molecular flexibility index (Phi) is 4.62. The summed E-state index contributed by atoms with van der Waals surface area (Å²) in [5.41, 5.74) is 0.916. The molecule has 0 aliphatic heterocycles. The molecule has 0 saturated carbocycles. The minimum Gasteiger partial charge on any atom is -0.508 e. The molecule has 0 bridgehead atoms. The number of amides is 1. The Labute approximate surface area is 130 Å². The van der Waals surface area contributed by atoms with Crippen molar-refractivity contribution in [3.8, 4) is 5.75 Å². The smallest absolute Gasteiger partial charge is 0.261 e. The maximum atomic E-state index is 12.6. The van der Waals surface area contributed by atoms with Crippen LogP contribution in [0.1, 0.15) is 17.3 Å². The Morgan fingerprint density at radius 3 is 2.85 bits per heavy atom. The number of rotatable bonds is 3. The second-order valence-electron chi connectivity index (χ2n) is 4.06. The van der Waals surface area contributed by atoms with Gasteiger partial charge < -0.3 is 10.0 Å². The molecule has 0 saturated heterocycles. The van der Waals surface area contributed by atoms with Crippen LogP contribution in [-0.4, -0.2) is 22.5 Å². The van der Waals surface area contributed by atoms with Crippen LogP contribution in [0, 0.1) is 0 Å². The zero-order valence-electron chi connectivity index (χ0n) is 10.7. The van der Waals surface area contributed by atoms with Crippen LogP contribution >= 0.6 is 27.5 Å². The van der Waals surface area contributed by atoms with Crippen molar-refractivity contribution in [1.29, 1.82) is 0 Å². The normalized spacial score (nSPS) is 10.3. The van der Waals surface area contributed by atoms with Gasteiger partial charge in [0.2, 0.25) is 0 Å². The Morgan fingerprint density at radius 2 is 2.20 bits per heavy atom. The fourth-order valence-electron chi connectivity index (χ4n) is 1.82. The van der Waals surface area contributed by atoms with Crippen LogP contribution in [0.25, 0.3) is 0 Å². The highest BCUT2D eigenvalue weighted by molar-refractivity contribution is 9.10. The highest BCUT2D eigenvalue weighted by atomic mass is 79.9. The number of benzene rings is 1. The molecule has 2 aromatic rings. The minimum absolute atomic E-state index is 0.104. The zero-order valence-corrected chi connectivity index (χ0v) is 13.0. The number of phenolic OH excluding ortho intramolecular Hbond substituents is 1. The van der Waals surface area contributed by atoms with Crippen LogP contribution in [0.2, 0.25) is 5.15 Å². The van der Waals surface area contributed by atoms with Crippen LogP contribution in [0.15, 0.2) is 41.0 Å². The first kappa shape index (κ1) is 14.8. The van der Waals surface area contributed by atoms with Gasteiger partial charge in [0.15, 0.2) is 0 Å². The third-order valence-electron chi connectivity index (χ3n) is 2.74. The van der Waals surface area contributed by atoms with E-state index in [4.69, 9.17) is 11.6 Å². The summed E-state index contributed by atoms with van der Waals surface area (Å²) in [6, 6.07) is 8.14. The number of hydrogen-bond acceptors (Lipinski definition) is 3. The Balaban J connectivity index is 2.41. The SMILES string of the molecule is CCN(C(=O)c1cc(Br)cnc1Cl)c1cccc(O)c1. The zero-order chi connectivity index (χ0) is 14.7. The van der Waals surface area contributed by atoms with Crippen LogP contribution in [-0.2, 0) is 0 Å². The highest BCUT2D eigenvalue weighted by Gasteiger charge is 2.20. The molecule has 0 aliphatic carbocycles.